The van der Waals surface area contributed by atoms with E-state index >= 15 is 0 Å². The number of rotatable bonds is 6. The maximum atomic E-state index is 14.1. The molecule has 1 aromatic carbocycles. The minimum Gasteiger partial charge on any atom is -0.474 e. The van der Waals surface area contributed by atoms with E-state index in [0.717, 1.165) is 12.1 Å². The zero-order valence-corrected chi connectivity index (χ0v) is 18.9. The van der Waals surface area contributed by atoms with Gasteiger partial charge in [0.1, 0.15) is 29.9 Å². The minimum absolute atomic E-state index is 0.0340. The Morgan fingerprint density at radius 1 is 1.23 bits per heavy atom. The normalized spacial score (nSPS) is 15.1. The number of hydrogen-bond acceptors (Lipinski definition) is 8. The Hall–Kier alpha value is -2.53. The summed E-state index contributed by atoms with van der Waals surface area (Å²) < 4.78 is 38.9. The van der Waals surface area contributed by atoms with Gasteiger partial charge in [0.2, 0.25) is 5.88 Å². The second-order valence-corrected chi connectivity index (χ2v) is 8.13. The quantitative estimate of drug-likeness (QED) is 0.443. The third-order valence-corrected chi connectivity index (χ3v) is 5.12. The molecule has 0 bridgehead atoms. The van der Waals surface area contributed by atoms with Crippen molar-refractivity contribution in [2.45, 2.75) is 45.8 Å². The van der Waals surface area contributed by atoms with Crippen LogP contribution in [-0.2, 0) is 9.57 Å². The summed E-state index contributed by atoms with van der Waals surface area (Å²) in [5.74, 6) is -0.577. The van der Waals surface area contributed by atoms with Crippen molar-refractivity contribution in [3.63, 3.8) is 0 Å². The van der Waals surface area contributed by atoms with Gasteiger partial charge in [-0.2, -0.15) is 0 Å². The van der Waals surface area contributed by atoms with Crippen LogP contribution in [-0.4, -0.2) is 46.5 Å². The Morgan fingerprint density at radius 2 is 1.94 bits per heavy atom. The number of piperidine rings is 1. The number of anilines is 2. The molecular weight excluding hydrogens is 478 g/mol. The third kappa shape index (κ3) is 6.23. The summed E-state index contributed by atoms with van der Waals surface area (Å²) in [5, 5.41) is 4.32. The monoisotopic (exact) mass is 500 g/mol. The molecule has 31 heavy (non-hydrogen) atoms. The molecule has 1 aliphatic heterocycles. The van der Waals surface area contributed by atoms with Crippen molar-refractivity contribution in [2.75, 3.05) is 18.4 Å². The lowest BCUT2D eigenvalue weighted by Crippen LogP contribution is -2.40. The summed E-state index contributed by atoms with van der Waals surface area (Å²) in [5.41, 5.74) is 0.511. The highest BCUT2D eigenvalue weighted by Gasteiger charge is 2.25. The lowest BCUT2D eigenvalue weighted by atomic mass is 10.1. The van der Waals surface area contributed by atoms with E-state index in [2.05, 4.69) is 31.2 Å². The van der Waals surface area contributed by atoms with E-state index in [1.807, 2.05) is 0 Å². The second-order valence-electron chi connectivity index (χ2n) is 7.28. The smallest absolute Gasteiger partial charge is 0.474 e. The highest BCUT2D eigenvalue weighted by Crippen LogP contribution is 2.29. The highest BCUT2D eigenvalue weighted by atomic mass is 79.9. The molecule has 2 aromatic rings. The van der Waals surface area contributed by atoms with Crippen molar-refractivity contribution >= 4 is 33.6 Å². The predicted molar refractivity (Wildman–Crippen MR) is 112 cm³/mol. The lowest BCUT2D eigenvalue weighted by molar-refractivity contribution is -0.151. The fraction of sp³-hybridized carbons (Fsp3) is 0.450. The molecule has 0 aliphatic carbocycles. The average Bonchev–Trinajstić information content (AvgIpc) is 2.70. The molecule has 0 unspecified atom stereocenters. The summed E-state index contributed by atoms with van der Waals surface area (Å²) in [6.07, 6.45) is 1.37. The number of carbonyl (C=O) groups excluding carboxylic acids is 1. The lowest BCUT2D eigenvalue weighted by Gasteiger charge is -2.30. The topological polar surface area (TPSA) is 85.8 Å². The average molecular weight is 501 g/mol. The molecule has 1 N–H and O–H groups in total. The van der Waals surface area contributed by atoms with Crippen LogP contribution in [0.5, 0.6) is 5.88 Å². The van der Waals surface area contributed by atoms with Crippen LogP contribution < -0.4 is 10.1 Å². The van der Waals surface area contributed by atoms with E-state index in [-0.39, 0.29) is 22.4 Å². The Labute approximate surface area is 187 Å². The molecule has 1 aliphatic rings. The number of hydroxylamine groups is 2. The van der Waals surface area contributed by atoms with Crippen LogP contribution in [0.2, 0.25) is 0 Å². The molecule has 0 spiro atoms. The van der Waals surface area contributed by atoms with E-state index in [1.165, 1.54) is 11.4 Å². The van der Waals surface area contributed by atoms with Crippen molar-refractivity contribution in [2.24, 2.45) is 0 Å². The number of nitrogens with zero attached hydrogens (tertiary/aromatic N) is 3. The molecule has 1 fully saturated rings. The fourth-order valence-corrected chi connectivity index (χ4v) is 3.26. The Balaban J connectivity index is 1.60. The van der Waals surface area contributed by atoms with Crippen molar-refractivity contribution in [3.8, 4) is 5.88 Å². The zero-order valence-electron chi connectivity index (χ0n) is 17.3. The fourth-order valence-electron chi connectivity index (χ4n) is 2.94. The Morgan fingerprint density at radius 3 is 2.61 bits per heavy atom. The molecule has 2 heterocycles. The van der Waals surface area contributed by atoms with Crippen LogP contribution in [0.15, 0.2) is 22.9 Å². The summed E-state index contributed by atoms with van der Waals surface area (Å²) in [7, 11) is 0. The maximum Gasteiger partial charge on any atom is 0.528 e. The van der Waals surface area contributed by atoms with Gasteiger partial charge >= 0.3 is 6.16 Å². The number of benzene rings is 1. The van der Waals surface area contributed by atoms with Crippen LogP contribution in [0.3, 0.4) is 0 Å². The molecule has 0 amide bonds. The molecule has 0 saturated carbocycles. The van der Waals surface area contributed by atoms with Crippen LogP contribution in [0.4, 0.5) is 25.1 Å². The largest absolute Gasteiger partial charge is 0.528 e. The van der Waals surface area contributed by atoms with Crippen molar-refractivity contribution in [1.82, 2.24) is 15.0 Å². The first kappa shape index (κ1) is 23.1. The Bertz CT molecular complexity index is 940. The zero-order chi connectivity index (χ0) is 22.5. The standard InChI is InChI=1S/C20H23BrF2N4O4/c1-11(2)29-20(28)31-27-6-4-13(5-7-27)30-19-12(3)18(24-10-25-19)26-17-9-15(22)14(21)8-16(17)23/h8-11,13H,4-7H2,1-3H3,(H,24,25,26). The summed E-state index contributed by atoms with van der Waals surface area (Å²) in [4.78, 5) is 25.0. The van der Waals surface area contributed by atoms with Crippen LogP contribution >= 0.6 is 15.9 Å². The van der Waals surface area contributed by atoms with Crippen molar-refractivity contribution in [1.29, 1.82) is 0 Å². The first-order valence-corrected chi connectivity index (χ1v) is 10.6. The van der Waals surface area contributed by atoms with Crippen LogP contribution in [0, 0.1) is 18.6 Å². The predicted octanol–water partition coefficient (Wildman–Crippen LogP) is 4.89. The summed E-state index contributed by atoms with van der Waals surface area (Å²) in [6, 6.07) is 2.08. The summed E-state index contributed by atoms with van der Waals surface area (Å²) >= 11 is 2.95. The number of hydrogen-bond donors (Lipinski definition) is 1. The molecule has 0 radical (unpaired) electrons. The van der Waals surface area contributed by atoms with Gasteiger partial charge in [-0.15, -0.1) is 5.06 Å². The molecule has 1 aromatic heterocycles. The third-order valence-electron chi connectivity index (χ3n) is 4.52. The number of nitrogens with one attached hydrogen (secondary N) is 1. The van der Waals surface area contributed by atoms with E-state index in [9.17, 15) is 13.6 Å². The summed E-state index contributed by atoms with van der Waals surface area (Å²) in [6.45, 7) is 6.18. The van der Waals surface area contributed by atoms with Crippen molar-refractivity contribution < 1.29 is 27.9 Å². The number of carbonyl (C=O) groups is 1. The van der Waals surface area contributed by atoms with Gasteiger partial charge in [0.15, 0.2) is 0 Å². The minimum atomic E-state index is -0.728. The van der Waals surface area contributed by atoms with E-state index < -0.39 is 17.8 Å². The SMILES string of the molecule is Cc1c(Nc2cc(F)c(Br)cc2F)ncnc1OC1CCN(OC(=O)OC(C)C)CC1. The molecule has 8 nitrogen and oxygen atoms in total. The first-order chi connectivity index (χ1) is 14.7. The Kier molecular flexibility index (Phi) is 7.60. The van der Waals surface area contributed by atoms with Crippen LogP contribution in [0.1, 0.15) is 32.3 Å². The number of ether oxygens (including phenoxy) is 2. The van der Waals surface area contributed by atoms with Crippen molar-refractivity contribution in [3.05, 3.63) is 40.1 Å². The second kappa shape index (κ2) is 10.2. The number of halogens is 3. The molecule has 168 valence electrons. The van der Waals surface area contributed by atoms with E-state index in [1.54, 1.807) is 20.8 Å². The first-order valence-electron chi connectivity index (χ1n) is 9.76. The van der Waals surface area contributed by atoms with Gasteiger partial charge in [-0.1, -0.05) is 0 Å². The molecule has 1 saturated heterocycles. The molecule has 3 rings (SSSR count). The van der Waals surface area contributed by atoms with Gasteiger partial charge < -0.3 is 19.6 Å². The van der Waals surface area contributed by atoms with Gasteiger partial charge in [-0.3, -0.25) is 0 Å². The van der Waals surface area contributed by atoms with Gasteiger partial charge in [0, 0.05) is 32.0 Å². The van der Waals surface area contributed by atoms with Gasteiger partial charge in [-0.05, 0) is 42.8 Å². The molecule has 11 heteroatoms. The number of aromatic nitrogens is 2. The van der Waals surface area contributed by atoms with Gasteiger partial charge in [0.25, 0.3) is 0 Å². The van der Waals surface area contributed by atoms with Gasteiger partial charge in [-0.25, -0.2) is 23.5 Å². The van der Waals surface area contributed by atoms with Gasteiger partial charge in [0.05, 0.1) is 21.8 Å². The molecular formula is C20H23BrF2N4O4. The maximum absolute atomic E-state index is 14.1. The van der Waals surface area contributed by atoms with E-state index in [4.69, 9.17) is 14.3 Å². The van der Waals surface area contributed by atoms with E-state index in [0.29, 0.717) is 43.2 Å². The molecule has 0 atom stereocenters. The highest BCUT2D eigenvalue weighted by molar-refractivity contribution is 9.10. The van der Waals surface area contributed by atoms with Crippen LogP contribution in [0.25, 0.3) is 0 Å².